The van der Waals surface area contributed by atoms with E-state index in [1.807, 2.05) is 37.3 Å². The number of aromatic nitrogens is 3. The molecule has 0 spiro atoms. The highest BCUT2D eigenvalue weighted by Gasteiger charge is 2.43. The molecule has 1 N–H and O–H groups in total. The summed E-state index contributed by atoms with van der Waals surface area (Å²) in [6.07, 6.45) is -0.725. The Bertz CT molecular complexity index is 1570. The summed E-state index contributed by atoms with van der Waals surface area (Å²) >= 11 is 0. The van der Waals surface area contributed by atoms with Gasteiger partial charge in [0.25, 0.3) is 0 Å². The molecule has 1 atom stereocenters. The number of fused-ring (bicyclic) bond motifs is 3. The van der Waals surface area contributed by atoms with Crippen molar-refractivity contribution in [3.8, 4) is 16.9 Å². The van der Waals surface area contributed by atoms with Gasteiger partial charge in [-0.3, -0.25) is 5.32 Å². The summed E-state index contributed by atoms with van der Waals surface area (Å²) in [5, 5.41) is 9.99. The van der Waals surface area contributed by atoms with Gasteiger partial charge >= 0.3 is 6.09 Å². The molecule has 5 rings (SSSR count). The second-order valence-corrected chi connectivity index (χ2v) is 11.1. The molecule has 0 aliphatic carbocycles. The van der Waals surface area contributed by atoms with E-state index in [-0.39, 0.29) is 17.3 Å². The number of rotatable bonds is 7. The lowest BCUT2D eigenvalue weighted by atomic mass is 10.0. The minimum Gasteiger partial charge on any atom is -0.448 e. The molecule has 1 unspecified atom stereocenters. The van der Waals surface area contributed by atoms with Crippen LogP contribution in [-0.2, 0) is 14.6 Å². The van der Waals surface area contributed by atoms with Crippen LogP contribution in [0, 0.1) is 6.92 Å². The quantitative estimate of drug-likeness (QED) is 0.351. The van der Waals surface area contributed by atoms with Gasteiger partial charge in [0.15, 0.2) is 5.03 Å². The van der Waals surface area contributed by atoms with Crippen molar-refractivity contribution in [3.63, 3.8) is 0 Å². The molecule has 0 bridgehead atoms. The minimum atomic E-state index is -4.00. The number of nitrogens with one attached hydrogen (secondary N) is 1. The molecular weight excluding hydrogens is 502 g/mol. The van der Waals surface area contributed by atoms with Crippen molar-refractivity contribution in [2.75, 3.05) is 29.9 Å². The van der Waals surface area contributed by atoms with Crippen molar-refractivity contribution in [2.24, 2.45) is 0 Å². The molecule has 0 fully saturated rings. The van der Waals surface area contributed by atoms with Gasteiger partial charge in [-0.15, -0.1) is 5.10 Å². The summed E-state index contributed by atoms with van der Waals surface area (Å²) in [6.45, 7) is 7.48. The Morgan fingerprint density at radius 3 is 2.45 bits per heavy atom. The molecule has 0 saturated heterocycles. The van der Waals surface area contributed by atoms with Crippen molar-refractivity contribution < 1.29 is 17.9 Å². The number of sulfone groups is 1. The van der Waals surface area contributed by atoms with Gasteiger partial charge in [-0.05, 0) is 62.2 Å². The maximum atomic E-state index is 13.9. The molecular formula is C28H29N5O4S. The molecule has 196 valence electrons. The van der Waals surface area contributed by atoms with Gasteiger partial charge in [0, 0.05) is 30.0 Å². The molecule has 0 radical (unpaired) electrons. The number of anilines is 2. The maximum absolute atomic E-state index is 13.9. The Morgan fingerprint density at radius 2 is 1.74 bits per heavy atom. The summed E-state index contributed by atoms with van der Waals surface area (Å²) < 4.78 is 34.6. The van der Waals surface area contributed by atoms with Crippen LogP contribution in [0.25, 0.3) is 16.9 Å². The molecule has 1 aromatic heterocycles. The average molecular weight is 532 g/mol. The van der Waals surface area contributed by atoms with E-state index in [9.17, 15) is 13.2 Å². The summed E-state index contributed by atoms with van der Waals surface area (Å²) in [4.78, 5) is 15.0. The molecule has 0 saturated carbocycles. The number of aryl methyl sites for hydroxylation is 1. The average Bonchev–Trinajstić information content (AvgIpc) is 3.38. The molecule has 3 aromatic carbocycles. The Kier molecular flexibility index (Phi) is 6.90. The van der Waals surface area contributed by atoms with Crippen LogP contribution in [0.3, 0.4) is 0 Å². The Morgan fingerprint density at radius 1 is 1.03 bits per heavy atom. The SMILES string of the molecule is CCN(CC)c1ccc(NC(=O)OCC2c3ccccc3-c3nnn(-c4ccccc4)c3S2(=O)=O)c(C)c1. The van der Waals surface area contributed by atoms with Crippen LogP contribution in [0.15, 0.2) is 77.8 Å². The summed E-state index contributed by atoms with van der Waals surface area (Å²) in [6, 6.07) is 21.8. The summed E-state index contributed by atoms with van der Waals surface area (Å²) in [5.41, 5.74) is 4.58. The van der Waals surface area contributed by atoms with E-state index in [4.69, 9.17) is 4.74 Å². The maximum Gasteiger partial charge on any atom is 0.411 e. The minimum absolute atomic E-state index is 0.0146. The van der Waals surface area contributed by atoms with Crippen LogP contribution in [0.5, 0.6) is 0 Å². The molecule has 38 heavy (non-hydrogen) atoms. The third-order valence-electron chi connectivity index (χ3n) is 6.78. The van der Waals surface area contributed by atoms with E-state index in [0.29, 0.717) is 22.5 Å². The third kappa shape index (κ3) is 4.51. The number of amides is 1. The number of hydrogen-bond donors (Lipinski definition) is 1. The first-order valence-electron chi connectivity index (χ1n) is 12.5. The molecule has 1 amide bonds. The highest BCUT2D eigenvalue weighted by Crippen LogP contribution is 2.44. The lowest BCUT2D eigenvalue weighted by molar-refractivity contribution is 0.161. The van der Waals surface area contributed by atoms with E-state index >= 15 is 0 Å². The number of nitrogens with zero attached hydrogens (tertiary/aromatic N) is 4. The fourth-order valence-corrected chi connectivity index (χ4v) is 6.64. The molecule has 1 aliphatic rings. The van der Waals surface area contributed by atoms with Crippen molar-refractivity contribution in [2.45, 2.75) is 31.0 Å². The lowest BCUT2D eigenvalue weighted by Gasteiger charge is -2.25. The van der Waals surface area contributed by atoms with Gasteiger partial charge in [-0.25, -0.2) is 17.9 Å². The zero-order chi connectivity index (χ0) is 26.9. The lowest BCUT2D eigenvalue weighted by Crippen LogP contribution is -2.28. The van der Waals surface area contributed by atoms with Crippen LogP contribution in [0.4, 0.5) is 16.2 Å². The zero-order valence-electron chi connectivity index (χ0n) is 21.5. The van der Waals surface area contributed by atoms with Gasteiger partial charge in [-0.2, -0.15) is 0 Å². The van der Waals surface area contributed by atoms with Gasteiger partial charge in [0.1, 0.15) is 17.6 Å². The van der Waals surface area contributed by atoms with E-state index in [2.05, 4.69) is 34.4 Å². The van der Waals surface area contributed by atoms with Gasteiger partial charge in [-0.1, -0.05) is 47.7 Å². The number of benzene rings is 3. The Hall–Kier alpha value is -4.18. The van der Waals surface area contributed by atoms with Gasteiger partial charge in [0.05, 0.1) is 5.69 Å². The number of para-hydroxylation sites is 1. The summed E-state index contributed by atoms with van der Waals surface area (Å²) in [5.74, 6) is 0. The van der Waals surface area contributed by atoms with E-state index < -0.39 is 21.2 Å². The molecule has 9 nitrogen and oxygen atoms in total. The highest BCUT2D eigenvalue weighted by molar-refractivity contribution is 7.91. The number of carbonyl (C=O) groups is 1. The second kappa shape index (κ2) is 10.3. The fraction of sp³-hybridized carbons (Fsp3) is 0.250. The van der Waals surface area contributed by atoms with E-state index in [1.54, 1.807) is 42.5 Å². The topological polar surface area (TPSA) is 106 Å². The standard InChI is InChI=1S/C28H29N5O4S/c1-4-32(5-2)21-15-16-24(19(3)17-21)29-28(34)37-18-25-22-13-9-10-14-23(22)26-27(38(25,35)36)33(31-30-26)20-11-7-6-8-12-20/h6-17,25H,4-5,18H2,1-3H3,(H,29,34). The molecule has 4 aromatic rings. The monoisotopic (exact) mass is 531 g/mol. The fourth-order valence-electron chi connectivity index (χ4n) is 4.78. The first-order valence-corrected chi connectivity index (χ1v) is 14.0. The normalized spacial score (nSPS) is 15.3. The highest BCUT2D eigenvalue weighted by atomic mass is 32.2. The van der Waals surface area contributed by atoms with Crippen molar-refractivity contribution in [1.82, 2.24) is 15.0 Å². The van der Waals surface area contributed by atoms with Gasteiger partial charge < -0.3 is 9.64 Å². The van der Waals surface area contributed by atoms with Crippen LogP contribution in [0.1, 0.15) is 30.2 Å². The van der Waals surface area contributed by atoms with Crippen LogP contribution in [0.2, 0.25) is 0 Å². The van der Waals surface area contributed by atoms with Gasteiger partial charge in [0.2, 0.25) is 9.84 Å². The number of ether oxygens (including phenoxy) is 1. The predicted octanol–water partition coefficient (Wildman–Crippen LogP) is 5.17. The smallest absolute Gasteiger partial charge is 0.411 e. The van der Waals surface area contributed by atoms with Crippen molar-refractivity contribution >= 4 is 27.3 Å². The van der Waals surface area contributed by atoms with E-state index in [0.717, 1.165) is 24.3 Å². The van der Waals surface area contributed by atoms with Crippen LogP contribution < -0.4 is 10.2 Å². The Balaban J connectivity index is 1.40. The third-order valence-corrected chi connectivity index (χ3v) is 8.82. The number of carbonyl (C=O) groups excluding carboxylic acids is 1. The predicted molar refractivity (Wildman–Crippen MR) is 146 cm³/mol. The first kappa shape index (κ1) is 25.5. The van der Waals surface area contributed by atoms with Crippen molar-refractivity contribution in [3.05, 3.63) is 83.9 Å². The number of hydrogen-bond acceptors (Lipinski definition) is 7. The Labute approximate surface area is 222 Å². The second-order valence-electron chi connectivity index (χ2n) is 9.01. The molecule has 10 heteroatoms. The largest absolute Gasteiger partial charge is 0.448 e. The first-order chi connectivity index (χ1) is 18.3. The summed E-state index contributed by atoms with van der Waals surface area (Å²) in [7, 11) is -4.00. The van der Waals surface area contributed by atoms with E-state index in [1.165, 1.54) is 4.68 Å². The van der Waals surface area contributed by atoms with Crippen LogP contribution in [-0.4, -0.2) is 49.2 Å². The molecule has 2 heterocycles. The van der Waals surface area contributed by atoms with Crippen LogP contribution >= 0.6 is 0 Å². The van der Waals surface area contributed by atoms with Crippen molar-refractivity contribution in [1.29, 1.82) is 0 Å². The molecule has 1 aliphatic heterocycles. The zero-order valence-corrected chi connectivity index (χ0v) is 22.3.